The first-order valence-corrected chi connectivity index (χ1v) is 5.52. The molecule has 1 aliphatic rings. The van der Waals surface area contributed by atoms with Gasteiger partial charge >= 0.3 is 0 Å². The summed E-state index contributed by atoms with van der Waals surface area (Å²) in [5.41, 5.74) is 0. The van der Waals surface area contributed by atoms with E-state index in [4.69, 9.17) is 9.84 Å². The maximum atomic E-state index is 11.4. The molecule has 0 aromatic rings. The predicted molar refractivity (Wildman–Crippen MR) is 55.4 cm³/mol. The van der Waals surface area contributed by atoms with E-state index in [-0.39, 0.29) is 12.5 Å². The number of carbonyl (C=O) groups excluding carboxylic acids is 1. The molecule has 1 fully saturated rings. The van der Waals surface area contributed by atoms with Gasteiger partial charge in [0.15, 0.2) is 6.23 Å². The van der Waals surface area contributed by atoms with Crippen molar-refractivity contribution in [1.82, 2.24) is 5.32 Å². The molecule has 6 nitrogen and oxygen atoms in total. The van der Waals surface area contributed by atoms with E-state index >= 15 is 0 Å². The van der Waals surface area contributed by atoms with Crippen LogP contribution in [-0.4, -0.2) is 52.4 Å². The van der Waals surface area contributed by atoms with Crippen LogP contribution in [0.1, 0.15) is 26.2 Å². The lowest BCUT2D eigenvalue weighted by atomic mass is 10.1. The van der Waals surface area contributed by atoms with Crippen molar-refractivity contribution in [2.75, 3.05) is 6.61 Å². The Balaban J connectivity index is 2.40. The summed E-state index contributed by atoms with van der Waals surface area (Å²) in [5.74, 6) is -0.225. The van der Waals surface area contributed by atoms with E-state index in [1.807, 2.05) is 6.92 Å². The van der Waals surface area contributed by atoms with Gasteiger partial charge in [0.2, 0.25) is 5.91 Å². The highest BCUT2D eigenvalue weighted by Crippen LogP contribution is 2.19. The van der Waals surface area contributed by atoms with Gasteiger partial charge in [-0.2, -0.15) is 0 Å². The summed E-state index contributed by atoms with van der Waals surface area (Å²) in [7, 11) is 0. The SMILES string of the molecule is CCCCC(=O)N[C@@H]1O[C@H](CO)[C@@H](O)[C@H]1O. The standard InChI is InChI=1S/C10H19NO5/c1-2-3-4-7(13)11-10-9(15)8(14)6(5-12)16-10/h6,8-10,12,14-15H,2-5H2,1H3,(H,11,13)/t6-,8-,9-,10-/m1/s1. The second kappa shape index (κ2) is 6.15. The topological polar surface area (TPSA) is 99.0 Å². The van der Waals surface area contributed by atoms with Crippen molar-refractivity contribution < 1.29 is 24.9 Å². The normalized spacial score (nSPS) is 34.0. The molecule has 0 radical (unpaired) electrons. The summed E-state index contributed by atoms with van der Waals surface area (Å²) in [6, 6.07) is 0. The molecule has 4 atom stereocenters. The maximum absolute atomic E-state index is 11.4. The molecule has 0 aromatic carbocycles. The molecule has 1 heterocycles. The zero-order valence-corrected chi connectivity index (χ0v) is 9.30. The van der Waals surface area contributed by atoms with Gasteiger partial charge in [-0.15, -0.1) is 0 Å². The minimum atomic E-state index is -1.19. The van der Waals surface area contributed by atoms with E-state index in [1.54, 1.807) is 0 Å². The first-order valence-electron chi connectivity index (χ1n) is 5.52. The Morgan fingerprint density at radius 1 is 1.38 bits per heavy atom. The Bertz CT molecular complexity index is 235. The van der Waals surface area contributed by atoms with Crippen LogP contribution in [0.15, 0.2) is 0 Å². The van der Waals surface area contributed by atoms with Crippen LogP contribution in [0.3, 0.4) is 0 Å². The summed E-state index contributed by atoms with van der Waals surface area (Å²) in [6.07, 6.45) is -2.10. The third-order valence-electron chi connectivity index (χ3n) is 2.60. The highest BCUT2D eigenvalue weighted by molar-refractivity contribution is 5.76. The van der Waals surface area contributed by atoms with Gasteiger partial charge in [0.25, 0.3) is 0 Å². The fraction of sp³-hybridized carbons (Fsp3) is 0.900. The smallest absolute Gasteiger partial charge is 0.222 e. The average molecular weight is 233 g/mol. The highest BCUT2D eigenvalue weighted by Gasteiger charge is 2.42. The van der Waals surface area contributed by atoms with Crippen molar-refractivity contribution in [3.05, 3.63) is 0 Å². The second-order valence-corrected chi connectivity index (χ2v) is 3.93. The zero-order valence-electron chi connectivity index (χ0n) is 9.30. The number of nitrogens with one attached hydrogen (secondary N) is 1. The minimum Gasteiger partial charge on any atom is -0.394 e. The molecule has 0 aliphatic carbocycles. The monoisotopic (exact) mass is 233 g/mol. The summed E-state index contributed by atoms with van der Waals surface area (Å²) >= 11 is 0. The van der Waals surface area contributed by atoms with Gasteiger partial charge in [-0.3, -0.25) is 4.79 Å². The van der Waals surface area contributed by atoms with E-state index < -0.39 is 24.5 Å². The number of rotatable bonds is 5. The van der Waals surface area contributed by atoms with Gasteiger partial charge < -0.3 is 25.4 Å². The van der Waals surface area contributed by atoms with Gasteiger partial charge in [0, 0.05) is 6.42 Å². The summed E-state index contributed by atoms with van der Waals surface area (Å²) in [4.78, 5) is 11.4. The fourth-order valence-electron chi connectivity index (χ4n) is 1.59. The van der Waals surface area contributed by atoms with E-state index in [2.05, 4.69) is 5.32 Å². The van der Waals surface area contributed by atoms with Crippen LogP contribution in [0.4, 0.5) is 0 Å². The molecule has 16 heavy (non-hydrogen) atoms. The number of unbranched alkanes of at least 4 members (excludes halogenated alkanes) is 1. The van der Waals surface area contributed by atoms with E-state index in [1.165, 1.54) is 0 Å². The van der Waals surface area contributed by atoms with Gasteiger partial charge in [0.1, 0.15) is 18.3 Å². The largest absolute Gasteiger partial charge is 0.394 e. The Labute approximate surface area is 94.2 Å². The Kier molecular flexibility index (Phi) is 5.14. The molecule has 0 saturated carbocycles. The van der Waals surface area contributed by atoms with Gasteiger partial charge in [-0.1, -0.05) is 13.3 Å². The average Bonchev–Trinajstić information content (AvgIpc) is 2.54. The van der Waals surface area contributed by atoms with Crippen molar-refractivity contribution in [2.24, 2.45) is 0 Å². The predicted octanol–water partition coefficient (Wildman–Crippen LogP) is -1.27. The molecular formula is C10H19NO5. The van der Waals surface area contributed by atoms with Crippen LogP contribution < -0.4 is 5.32 Å². The van der Waals surface area contributed by atoms with Crippen molar-refractivity contribution in [3.63, 3.8) is 0 Å². The molecule has 6 heteroatoms. The number of hydrogen-bond acceptors (Lipinski definition) is 5. The van der Waals surface area contributed by atoms with Crippen LogP contribution in [0.2, 0.25) is 0 Å². The van der Waals surface area contributed by atoms with Crippen LogP contribution in [-0.2, 0) is 9.53 Å². The van der Waals surface area contributed by atoms with E-state index in [0.29, 0.717) is 6.42 Å². The van der Waals surface area contributed by atoms with Crippen molar-refractivity contribution in [1.29, 1.82) is 0 Å². The lowest BCUT2D eigenvalue weighted by Gasteiger charge is -2.16. The summed E-state index contributed by atoms with van der Waals surface area (Å²) < 4.78 is 5.10. The number of hydrogen-bond donors (Lipinski definition) is 4. The molecule has 1 amide bonds. The zero-order chi connectivity index (χ0) is 12.1. The van der Waals surface area contributed by atoms with Crippen LogP contribution >= 0.6 is 0 Å². The third-order valence-corrected chi connectivity index (χ3v) is 2.60. The van der Waals surface area contributed by atoms with Crippen LogP contribution in [0, 0.1) is 0 Å². The molecule has 0 aromatic heterocycles. The van der Waals surface area contributed by atoms with E-state index in [0.717, 1.165) is 12.8 Å². The third kappa shape index (κ3) is 3.15. The molecule has 94 valence electrons. The number of carbonyl (C=O) groups is 1. The minimum absolute atomic E-state index is 0.225. The van der Waals surface area contributed by atoms with Crippen molar-refractivity contribution >= 4 is 5.91 Å². The molecule has 4 N–H and O–H groups in total. The molecule has 1 rings (SSSR count). The Morgan fingerprint density at radius 2 is 2.06 bits per heavy atom. The van der Waals surface area contributed by atoms with Crippen molar-refractivity contribution in [3.8, 4) is 0 Å². The Hall–Kier alpha value is -0.690. The summed E-state index contributed by atoms with van der Waals surface area (Å²) in [6.45, 7) is 1.58. The second-order valence-electron chi connectivity index (χ2n) is 3.93. The number of aliphatic hydroxyl groups excluding tert-OH is 3. The molecule has 0 bridgehead atoms. The highest BCUT2D eigenvalue weighted by atomic mass is 16.6. The van der Waals surface area contributed by atoms with Crippen LogP contribution in [0.25, 0.3) is 0 Å². The van der Waals surface area contributed by atoms with Gasteiger partial charge in [-0.25, -0.2) is 0 Å². The molecule has 1 aliphatic heterocycles. The molecule has 1 saturated heterocycles. The first-order chi connectivity index (χ1) is 7.60. The fourth-order valence-corrected chi connectivity index (χ4v) is 1.59. The number of amides is 1. The first kappa shape index (κ1) is 13.4. The van der Waals surface area contributed by atoms with Gasteiger partial charge in [0.05, 0.1) is 6.61 Å². The van der Waals surface area contributed by atoms with Crippen LogP contribution in [0.5, 0.6) is 0 Å². The van der Waals surface area contributed by atoms with E-state index in [9.17, 15) is 15.0 Å². The lowest BCUT2D eigenvalue weighted by molar-refractivity contribution is -0.127. The quantitative estimate of drug-likeness (QED) is 0.474. The maximum Gasteiger partial charge on any atom is 0.222 e. The molecule has 0 spiro atoms. The number of aliphatic hydroxyl groups is 3. The van der Waals surface area contributed by atoms with Gasteiger partial charge in [-0.05, 0) is 6.42 Å². The number of ether oxygens (including phenoxy) is 1. The van der Waals surface area contributed by atoms with Crippen molar-refractivity contribution in [2.45, 2.75) is 50.7 Å². The Morgan fingerprint density at radius 3 is 2.56 bits per heavy atom. The lowest BCUT2D eigenvalue weighted by Crippen LogP contribution is -2.43. The molecular weight excluding hydrogens is 214 g/mol. The molecule has 0 unspecified atom stereocenters. The summed E-state index contributed by atoms with van der Waals surface area (Å²) in [5, 5.41) is 30.3.